The van der Waals surface area contributed by atoms with E-state index in [0.717, 1.165) is 15.9 Å². The molecule has 1 heterocycles. The minimum atomic E-state index is -0.292. The highest BCUT2D eigenvalue weighted by Crippen LogP contribution is 2.27. The van der Waals surface area contributed by atoms with Crippen molar-refractivity contribution in [3.05, 3.63) is 22.7 Å². The van der Waals surface area contributed by atoms with Crippen molar-refractivity contribution >= 4 is 27.5 Å². The molecule has 1 unspecified atom stereocenters. The fourth-order valence-corrected chi connectivity index (χ4v) is 2.25. The first-order valence-corrected chi connectivity index (χ1v) is 6.45. The highest BCUT2D eigenvalue weighted by Gasteiger charge is 2.21. The summed E-state index contributed by atoms with van der Waals surface area (Å²) < 4.78 is 11.2. The zero-order chi connectivity index (χ0) is 13.0. The summed E-state index contributed by atoms with van der Waals surface area (Å²) in [6.45, 7) is 1.76. The molecule has 1 fully saturated rings. The van der Waals surface area contributed by atoms with Crippen LogP contribution in [-0.2, 0) is 9.53 Å². The molecule has 1 atom stereocenters. The largest absolute Gasteiger partial charge is 0.496 e. The summed E-state index contributed by atoms with van der Waals surface area (Å²) in [7, 11) is 1.60. The predicted octanol–water partition coefficient (Wildman–Crippen LogP) is 1.38. The summed E-state index contributed by atoms with van der Waals surface area (Å²) in [6, 6.07) is 5.11. The number of morpholine rings is 1. The molecule has 5 nitrogen and oxygen atoms in total. The Balaban J connectivity index is 2.00. The second-order valence-electron chi connectivity index (χ2n) is 3.92. The summed E-state index contributed by atoms with van der Waals surface area (Å²) in [4.78, 5) is 11.9. The smallest absolute Gasteiger partial charge is 0.243 e. The van der Waals surface area contributed by atoms with Crippen LogP contribution in [0.25, 0.3) is 0 Å². The zero-order valence-corrected chi connectivity index (χ0v) is 11.6. The molecule has 0 spiro atoms. The van der Waals surface area contributed by atoms with Gasteiger partial charge in [0.2, 0.25) is 5.91 Å². The van der Waals surface area contributed by atoms with E-state index in [1.54, 1.807) is 25.3 Å². The lowest BCUT2D eigenvalue weighted by molar-refractivity contribution is -0.120. The van der Waals surface area contributed by atoms with Gasteiger partial charge in [0.15, 0.2) is 0 Å². The van der Waals surface area contributed by atoms with Gasteiger partial charge in [0.1, 0.15) is 11.8 Å². The number of amides is 1. The highest BCUT2D eigenvalue weighted by molar-refractivity contribution is 9.10. The molecule has 18 heavy (non-hydrogen) atoms. The monoisotopic (exact) mass is 314 g/mol. The van der Waals surface area contributed by atoms with Crippen molar-refractivity contribution in [2.75, 3.05) is 32.2 Å². The summed E-state index contributed by atoms with van der Waals surface area (Å²) in [5.74, 6) is 0.638. The number of hydrogen-bond acceptors (Lipinski definition) is 4. The third-order valence-electron chi connectivity index (χ3n) is 2.66. The van der Waals surface area contributed by atoms with Crippen LogP contribution in [0.15, 0.2) is 22.7 Å². The van der Waals surface area contributed by atoms with E-state index in [1.165, 1.54) is 0 Å². The number of halogens is 1. The Hall–Kier alpha value is -1.11. The topological polar surface area (TPSA) is 59.6 Å². The second-order valence-corrected chi connectivity index (χ2v) is 4.77. The Morgan fingerprint density at radius 1 is 1.61 bits per heavy atom. The molecular weight excluding hydrogens is 300 g/mol. The average molecular weight is 315 g/mol. The van der Waals surface area contributed by atoms with Crippen LogP contribution >= 0.6 is 15.9 Å². The molecule has 0 saturated carbocycles. The molecular formula is C12H15BrN2O3. The minimum Gasteiger partial charge on any atom is -0.496 e. The first kappa shape index (κ1) is 13.3. The van der Waals surface area contributed by atoms with Crippen LogP contribution in [-0.4, -0.2) is 38.8 Å². The molecule has 0 radical (unpaired) electrons. The molecule has 1 aromatic rings. The number of methoxy groups -OCH3 is 1. The van der Waals surface area contributed by atoms with Crippen LogP contribution in [0.4, 0.5) is 5.69 Å². The van der Waals surface area contributed by atoms with Gasteiger partial charge in [-0.15, -0.1) is 0 Å². The standard InChI is InChI=1S/C12H15BrN2O3/c1-17-11-3-2-8(6-9(11)13)15-12(16)10-7-18-5-4-14-10/h2-3,6,10,14H,4-5,7H2,1H3,(H,15,16). The fourth-order valence-electron chi connectivity index (χ4n) is 1.71. The van der Waals surface area contributed by atoms with Gasteiger partial charge in [-0.3, -0.25) is 4.79 Å². The molecule has 1 saturated heterocycles. The molecule has 2 rings (SSSR count). The first-order chi connectivity index (χ1) is 8.70. The molecule has 6 heteroatoms. The third-order valence-corrected chi connectivity index (χ3v) is 3.28. The number of ether oxygens (including phenoxy) is 2. The molecule has 1 aromatic carbocycles. The van der Waals surface area contributed by atoms with Crippen molar-refractivity contribution in [2.45, 2.75) is 6.04 Å². The molecule has 2 N–H and O–H groups in total. The van der Waals surface area contributed by atoms with E-state index in [4.69, 9.17) is 9.47 Å². The first-order valence-electron chi connectivity index (χ1n) is 5.66. The number of hydrogen-bond donors (Lipinski definition) is 2. The minimum absolute atomic E-state index is 0.0910. The molecule has 98 valence electrons. The van der Waals surface area contributed by atoms with Crippen molar-refractivity contribution in [3.8, 4) is 5.75 Å². The van der Waals surface area contributed by atoms with Gasteiger partial charge in [-0.1, -0.05) is 0 Å². The maximum atomic E-state index is 11.9. The number of nitrogens with one attached hydrogen (secondary N) is 2. The van der Waals surface area contributed by atoms with Gasteiger partial charge in [0, 0.05) is 12.2 Å². The van der Waals surface area contributed by atoms with Crippen molar-refractivity contribution in [2.24, 2.45) is 0 Å². The fraction of sp³-hybridized carbons (Fsp3) is 0.417. The number of carbonyl (C=O) groups is 1. The van der Waals surface area contributed by atoms with Crippen molar-refractivity contribution < 1.29 is 14.3 Å². The Kier molecular flexibility index (Phi) is 4.57. The van der Waals surface area contributed by atoms with Gasteiger partial charge >= 0.3 is 0 Å². The molecule has 1 amide bonds. The number of benzene rings is 1. The molecule has 0 bridgehead atoms. The van der Waals surface area contributed by atoms with Crippen LogP contribution < -0.4 is 15.4 Å². The van der Waals surface area contributed by atoms with Gasteiger partial charge in [0.25, 0.3) is 0 Å². The van der Waals surface area contributed by atoms with Gasteiger partial charge in [-0.25, -0.2) is 0 Å². The van der Waals surface area contributed by atoms with E-state index < -0.39 is 0 Å². The summed E-state index contributed by atoms with van der Waals surface area (Å²) in [5, 5.41) is 5.94. The Morgan fingerprint density at radius 3 is 3.06 bits per heavy atom. The van der Waals surface area contributed by atoms with Gasteiger partial charge < -0.3 is 20.1 Å². The Morgan fingerprint density at radius 2 is 2.44 bits per heavy atom. The Labute approximate surface area is 114 Å². The van der Waals surface area contributed by atoms with Gasteiger partial charge in [-0.05, 0) is 34.1 Å². The van der Waals surface area contributed by atoms with Crippen molar-refractivity contribution in [1.82, 2.24) is 5.32 Å². The Bertz CT molecular complexity index is 433. The average Bonchev–Trinajstić information content (AvgIpc) is 2.40. The quantitative estimate of drug-likeness (QED) is 0.885. The summed E-state index contributed by atoms with van der Waals surface area (Å²) in [5.41, 5.74) is 0.722. The van der Waals surface area contributed by atoms with E-state index in [-0.39, 0.29) is 11.9 Å². The lowest BCUT2D eigenvalue weighted by atomic mass is 10.2. The van der Waals surface area contributed by atoms with Crippen LogP contribution in [0, 0.1) is 0 Å². The van der Waals surface area contributed by atoms with Crippen LogP contribution in [0.2, 0.25) is 0 Å². The van der Waals surface area contributed by atoms with Crippen LogP contribution in [0.1, 0.15) is 0 Å². The lowest BCUT2D eigenvalue weighted by Crippen LogP contribution is -2.48. The van der Waals surface area contributed by atoms with Gasteiger partial charge in [0.05, 0.1) is 24.8 Å². The third kappa shape index (κ3) is 3.22. The maximum absolute atomic E-state index is 11.9. The lowest BCUT2D eigenvalue weighted by Gasteiger charge is -2.23. The SMILES string of the molecule is COc1ccc(NC(=O)C2COCCN2)cc1Br. The van der Waals surface area contributed by atoms with Crippen LogP contribution in [0.3, 0.4) is 0 Å². The zero-order valence-electron chi connectivity index (χ0n) is 10.0. The summed E-state index contributed by atoms with van der Waals surface area (Å²) >= 11 is 3.38. The summed E-state index contributed by atoms with van der Waals surface area (Å²) in [6.07, 6.45) is 0. The van der Waals surface area contributed by atoms with E-state index in [9.17, 15) is 4.79 Å². The maximum Gasteiger partial charge on any atom is 0.243 e. The van der Waals surface area contributed by atoms with Crippen molar-refractivity contribution in [3.63, 3.8) is 0 Å². The predicted molar refractivity (Wildman–Crippen MR) is 71.9 cm³/mol. The van der Waals surface area contributed by atoms with E-state index in [1.807, 2.05) is 0 Å². The van der Waals surface area contributed by atoms with E-state index >= 15 is 0 Å². The normalized spacial score (nSPS) is 19.3. The second kappa shape index (κ2) is 6.17. The van der Waals surface area contributed by atoms with Gasteiger partial charge in [-0.2, -0.15) is 0 Å². The number of rotatable bonds is 3. The van der Waals surface area contributed by atoms with Crippen molar-refractivity contribution in [1.29, 1.82) is 0 Å². The molecule has 1 aliphatic rings. The number of anilines is 1. The molecule has 0 aliphatic carbocycles. The molecule has 0 aromatic heterocycles. The van der Waals surface area contributed by atoms with E-state index in [2.05, 4.69) is 26.6 Å². The van der Waals surface area contributed by atoms with Crippen LogP contribution in [0.5, 0.6) is 5.75 Å². The molecule has 1 aliphatic heterocycles. The number of carbonyl (C=O) groups excluding carboxylic acids is 1. The van der Waals surface area contributed by atoms with E-state index in [0.29, 0.717) is 19.8 Å². The highest BCUT2D eigenvalue weighted by atomic mass is 79.9.